The third-order valence-electron chi connectivity index (χ3n) is 2.53. The van der Waals surface area contributed by atoms with Gasteiger partial charge in [-0.25, -0.2) is 19.6 Å². The molecule has 1 N–H and O–H groups in total. The lowest BCUT2D eigenvalue weighted by atomic mass is 10.4. The van der Waals surface area contributed by atoms with Crippen molar-refractivity contribution in [1.29, 1.82) is 0 Å². The maximum Gasteiger partial charge on any atom is 0.146 e. The molecule has 0 aliphatic rings. The molecule has 0 saturated heterocycles. The van der Waals surface area contributed by atoms with Crippen LogP contribution in [0.1, 0.15) is 37.2 Å². The molecular formula is C12H18N6. The number of nitrogens with zero attached hydrogens (tertiary/aromatic N) is 5. The SMILES string of the molecule is Cc1cc(NCc2ncnn2C(C)C)nc(C)n1. The van der Waals surface area contributed by atoms with Gasteiger partial charge in [-0.15, -0.1) is 0 Å². The van der Waals surface area contributed by atoms with E-state index in [1.807, 2.05) is 24.6 Å². The average molecular weight is 246 g/mol. The number of hydrogen-bond donors (Lipinski definition) is 1. The van der Waals surface area contributed by atoms with Crippen molar-refractivity contribution in [3.8, 4) is 0 Å². The average Bonchev–Trinajstić information content (AvgIpc) is 2.73. The van der Waals surface area contributed by atoms with Gasteiger partial charge in [0.05, 0.1) is 6.54 Å². The molecule has 2 rings (SSSR count). The monoisotopic (exact) mass is 246 g/mol. The first kappa shape index (κ1) is 12.5. The lowest BCUT2D eigenvalue weighted by Gasteiger charge is -2.10. The molecule has 0 bridgehead atoms. The first-order valence-corrected chi connectivity index (χ1v) is 6.01. The van der Waals surface area contributed by atoms with Crippen molar-refractivity contribution in [3.63, 3.8) is 0 Å². The molecule has 0 saturated carbocycles. The zero-order valence-corrected chi connectivity index (χ0v) is 11.2. The van der Waals surface area contributed by atoms with E-state index in [4.69, 9.17) is 0 Å². The topological polar surface area (TPSA) is 68.5 Å². The normalized spacial score (nSPS) is 10.9. The fraction of sp³-hybridized carbons (Fsp3) is 0.500. The highest BCUT2D eigenvalue weighted by atomic mass is 15.4. The minimum absolute atomic E-state index is 0.304. The van der Waals surface area contributed by atoms with Gasteiger partial charge in [-0.1, -0.05) is 0 Å². The van der Waals surface area contributed by atoms with E-state index in [0.29, 0.717) is 12.6 Å². The summed E-state index contributed by atoms with van der Waals surface area (Å²) in [4.78, 5) is 12.8. The van der Waals surface area contributed by atoms with Gasteiger partial charge in [0, 0.05) is 17.8 Å². The van der Waals surface area contributed by atoms with Crippen LogP contribution in [-0.2, 0) is 6.54 Å². The van der Waals surface area contributed by atoms with Crippen LogP contribution in [-0.4, -0.2) is 24.7 Å². The quantitative estimate of drug-likeness (QED) is 0.892. The Balaban J connectivity index is 2.09. The zero-order valence-electron chi connectivity index (χ0n) is 11.2. The van der Waals surface area contributed by atoms with Crippen molar-refractivity contribution >= 4 is 5.82 Å². The number of aryl methyl sites for hydroxylation is 2. The van der Waals surface area contributed by atoms with Gasteiger partial charge >= 0.3 is 0 Å². The highest BCUT2D eigenvalue weighted by molar-refractivity contribution is 5.35. The molecule has 0 aromatic carbocycles. The van der Waals surface area contributed by atoms with E-state index in [1.165, 1.54) is 0 Å². The molecule has 2 aromatic heterocycles. The standard InChI is InChI=1S/C12H18N6/c1-8(2)18-12(14-7-15-18)6-13-11-5-9(3)16-10(4)17-11/h5,7-8H,6H2,1-4H3,(H,13,16,17). The van der Waals surface area contributed by atoms with Crippen LogP contribution in [0.4, 0.5) is 5.82 Å². The molecule has 0 amide bonds. The van der Waals surface area contributed by atoms with Crippen LogP contribution in [0.25, 0.3) is 0 Å². The van der Waals surface area contributed by atoms with Gasteiger partial charge in [0.2, 0.25) is 0 Å². The van der Waals surface area contributed by atoms with Gasteiger partial charge in [-0.3, -0.25) is 0 Å². The minimum Gasteiger partial charge on any atom is -0.363 e. The summed E-state index contributed by atoms with van der Waals surface area (Å²) in [7, 11) is 0. The molecule has 0 fully saturated rings. The third kappa shape index (κ3) is 2.82. The van der Waals surface area contributed by atoms with Crippen LogP contribution in [0.3, 0.4) is 0 Å². The first-order valence-electron chi connectivity index (χ1n) is 6.01. The Labute approximate surface area is 106 Å². The molecule has 6 heteroatoms. The van der Waals surface area contributed by atoms with E-state index in [2.05, 4.69) is 39.2 Å². The lowest BCUT2D eigenvalue weighted by Crippen LogP contribution is -2.13. The van der Waals surface area contributed by atoms with Crippen LogP contribution < -0.4 is 5.32 Å². The molecule has 6 nitrogen and oxygen atoms in total. The maximum atomic E-state index is 4.33. The second-order valence-electron chi connectivity index (χ2n) is 4.51. The van der Waals surface area contributed by atoms with Gasteiger partial charge in [0.25, 0.3) is 0 Å². The Bertz CT molecular complexity index is 511. The molecule has 0 aliphatic carbocycles. The zero-order chi connectivity index (χ0) is 13.1. The largest absolute Gasteiger partial charge is 0.363 e. The number of nitrogens with one attached hydrogen (secondary N) is 1. The van der Waals surface area contributed by atoms with Crippen molar-refractivity contribution < 1.29 is 0 Å². The number of anilines is 1. The van der Waals surface area contributed by atoms with E-state index in [-0.39, 0.29) is 0 Å². The van der Waals surface area contributed by atoms with Crippen LogP contribution in [0.5, 0.6) is 0 Å². The van der Waals surface area contributed by atoms with Crippen molar-refractivity contribution in [2.24, 2.45) is 0 Å². The third-order valence-corrected chi connectivity index (χ3v) is 2.53. The van der Waals surface area contributed by atoms with Crippen LogP contribution in [0, 0.1) is 13.8 Å². The van der Waals surface area contributed by atoms with E-state index in [1.54, 1.807) is 6.33 Å². The van der Waals surface area contributed by atoms with Gasteiger partial charge in [0.1, 0.15) is 23.8 Å². The Kier molecular flexibility index (Phi) is 3.55. The van der Waals surface area contributed by atoms with Crippen molar-refractivity contribution in [3.05, 3.63) is 29.7 Å². The van der Waals surface area contributed by atoms with E-state index >= 15 is 0 Å². The van der Waals surface area contributed by atoms with Gasteiger partial charge in [-0.05, 0) is 27.7 Å². The minimum atomic E-state index is 0.304. The van der Waals surface area contributed by atoms with Crippen molar-refractivity contribution in [2.45, 2.75) is 40.3 Å². The summed E-state index contributed by atoms with van der Waals surface area (Å²) < 4.78 is 1.90. The molecule has 0 atom stereocenters. The molecular weight excluding hydrogens is 228 g/mol. The summed E-state index contributed by atoms with van der Waals surface area (Å²) in [6, 6.07) is 2.22. The summed E-state index contributed by atoms with van der Waals surface area (Å²) >= 11 is 0. The Hall–Kier alpha value is -1.98. The first-order chi connectivity index (χ1) is 8.56. The molecule has 2 heterocycles. The highest BCUT2D eigenvalue weighted by Gasteiger charge is 2.07. The van der Waals surface area contributed by atoms with Crippen LogP contribution in [0.15, 0.2) is 12.4 Å². The summed E-state index contributed by atoms with van der Waals surface area (Å²) in [5.41, 5.74) is 0.954. The van der Waals surface area contributed by atoms with Crippen molar-refractivity contribution in [2.75, 3.05) is 5.32 Å². The van der Waals surface area contributed by atoms with E-state index in [0.717, 1.165) is 23.2 Å². The van der Waals surface area contributed by atoms with Crippen molar-refractivity contribution in [1.82, 2.24) is 24.7 Å². The number of aromatic nitrogens is 5. The maximum absolute atomic E-state index is 4.33. The fourth-order valence-corrected chi connectivity index (χ4v) is 1.81. The van der Waals surface area contributed by atoms with Crippen LogP contribution >= 0.6 is 0 Å². The summed E-state index contributed by atoms with van der Waals surface area (Å²) in [6.07, 6.45) is 1.58. The predicted octanol–water partition coefficient (Wildman–Crippen LogP) is 1.88. The highest BCUT2D eigenvalue weighted by Crippen LogP contribution is 2.09. The van der Waals surface area contributed by atoms with E-state index < -0.39 is 0 Å². The Morgan fingerprint density at radius 1 is 1.28 bits per heavy atom. The molecule has 0 unspecified atom stereocenters. The summed E-state index contributed by atoms with van der Waals surface area (Å²) in [5, 5.41) is 7.45. The second-order valence-corrected chi connectivity index (χ2v) is 4.51. The lowest BCUT2D eigenvalue weighted by molar-refractivity contribution is 0.508. The Morgan fingerprint density at radius 3 is 2.72 bits per heavy atom. The van der Waals surface area contributed by atoms with Gasteiger partial charge in [-0.2, -0.15) is 5.10 Å². The fourth-order valence-electron chi connectivity index (χ4n) is 1.81. The molecule has 2 aromatic rings. The van der Waals surface area contributed by atoms with E-state index in [9.17, 15) is 0 Å². The molecule has 0 spiro atoms. The summed E-state index contributed by atoms with van der Waals surface area (Å²) in [5.74, 6) is 2.49. The Morgan fingerprint density at radius 2 is 2.06 bits per heavy atom. The molecule has 18 heavy (non-hydrogen) atoms. The predicted molar refractivity (Wildman–Crippen MR) is 69.2 cm³/mol. The number of rotatable bonds is 4. The molecule has 0 aliphatic heterocycles. The number of hydrogen-bond acceptors (Lipinski definition) is 5. The smallest absolute Gasteiger partial charge is 0.146 e. The molecule has 0 radical (unpaired) electrons. The second kappa shape index (κ2) is 5.12. The summed E-state index contributed by atoms with van der Waals surface area (Å²) in [6.45, 7) is 8.60. The molecule has 96 valence electrons. The van der Waals surface area contributed by atoms with Gasteiger partial charge in [0.15, 0.2) is 0 Å². The van der Waals surface area contributed by atoms with Crippen LogP contribution in [0.2, 0.25) is 0 Å². The van der Waals surface area contributed by atoms with Gasteiger partial charge < -0.3 is 5.32 Å².